The molecule has 0 fully saturated rings. The molecule has 0 aliphatic carbocycles. The zero-order valence-electron chi connectivity index (χ0n) is 12.1. The number of rotatable bonds is 7. The number of aromatic carboxylic acids is 1. The summed E-state index contributed by atoms with van der Waals surface area (Å²) in [5, 5.41) is 8.94. The van der Waals surface area contributed by atoms with Crippen molar-refractivity contribution in [3.8, 4) is 0 Å². The quantitative estimate of drug-likeness (QED) is 0.754. The number of nitrogens with one attached hydrogen (secondary N) is 1. The third kappa shape index (κ3) is 5.06. The van der Waals surface area contributed by atoms with Gasteiger partial charge in [0.05, 0.1) is 10.5 Å². The number of hydrogen-bond donors (Lipinski definition) is 2. The minimum Gasteiger partial charge on any atom is -0.478 e. The van der Waals surface area contributed by atoms with Crippen molar-refractivity contribution in [1.82, 2.24) is 9.62 Å². The first-order valence-electron chi connectivity index (χ1n) is 6.38. The largest absolute Gasteiger partial charge is 0.478 e. The van der Waals surface area contributed by atoms with Crippen molar-refractivity contribution in [1.29, 1.82) is 0 Å². The van der Waals surface area contributed by atoms with Crippen molar-refractivity contribution in [3.05, 3.63) is 28.2 Å². The lowest BCUT2D eigenvalue weighted by molar-refractivity contribution is 0.0696. The van der Waals surface area contributed by atoms with Crippen molar-refractivity contribution < 1.29 is 18.3 Å². The van der Waals surface area contributed by atoms with Gasteiger partial charge in [-0.05, 0) is 55.0 Å². The predicted molar refractivity (Wildman–Crippen MR) is 84.1 cm³/mol. The average molecular weight is 379 g/mol. The minimum absolute atomic E-state index is 0.0714. The summed E-state index contributed by atoms with van der Waals surface area (Å²) in [5.41, 5.74) is -0.0714. The van der Waals surface area contributed by atoms with E-state index in [2.05, 4.69) is 20.7 Å². The molecule has 0 aliphatic rings. The van der Waals surface area contributed by atoms with Crippen LogP contribution in [0.1, 0.15) is 24.2 Å². The van der Waals surface area contributed by atoms with E-state index >= 15 is 0 Å². The van der Waals surface area contributed by atoms with Gasteiger partial charge in [0.1, 0.15) is 0 Å². The molecular formula is C13H19BrN2O4S. The molecule has 6 nitrogen and oxygen atoms in total. The molecule has 0 heterocycles. The number of benzene rings is 1. The van der Waals surface area contributed by atoms with E-state index in [1.165, 1.54) is 12.1 Å². The zero-order chi connectivity index (χ0) is 16.2. The summed E-state index contributed by atoms with van der Waals surface area (Å²) in [7, 11) is -1.85. The van der Waals surface area contributed by atoms with E-state index in [0.29, 0.717) is 17.1 Å². The normalized spacial score (nSPS) is 12.1. The van der Waals surface area contributed by atoms with Crippen LogP contribution in [-0.4, -0.2) is 50.6 Å². The van der Waals surface area contributed by atoms with Crippen LogP contribution in [0.25, 0.3) is 0 Å². The number of halogens is 1. The average Bonchev–Trinajstić information content (AvgIpc) is 2.38. The van der Waals surface area contributed by atoms with Gasteiger partial charge in [0, 0.05) is 23.6 Å². The summed E-state index contributed by atoms with van der Waals surface area (Å²) in [6.07, 6.45) is 0. The number of nitrogens with zero attached hydrogens (tertiary/aromatic N) is 1. The third-order valence-electron chi connectivity index (χ3n) is 3.11. The Bertz CT molecular complexity index is 617. The van der Waals surface area contributed by atoms with Crippen LogP contribution in [0, 0.1) is 0 Å². The Morgan fingerprint density at radius 3 is 2.57 bits per heavy atom. The number of likely N-dealkylation sites (N-methyl/N-ethyl adjacent to an activating group) is 1. The molecule has 8 heteroatoms. The van der Waals surface area contributed by atoms with Crippen molar-refractivity contribution in [2.24, 2.45) is 0 Å². The molecule has 0 spiro atoms. The summed E-state index contributed by atoms with van der Waals surface area (Å²) in [6.45, 7) is 4.84. The molecule has 21 heavy (non-hydrogen) atoms. The summed E-state index contributed by atoms with van der Waals surface area (Å²) in [6, 6.07) is 4.22. The predicted octanol–water partition coefficient (Wildman–Crippen LogP) is 1.77. The molecule has 1 aromatic carbocycles. The Morgan fingerprint density at radius 1 is 1.43 bits per heavy atom. The number of sulfonamides is 1. The molecule has 0 aromatic heterocycles. The Hall–Kier alpha value is -0.960. The van der Waals surface area contributed by atoms with E-state index in [1.807, 2.05) is 25.8 Å². The van der Waals surface area contributed by atoms with E-state index in [0.717, 1.165) is 6.07 Å². The van der Waals surface area contributed by atoms with Crippen LogP contribution in [0.15, 0.2) is 27.6 Å². The summed E-state index contributed by atoms with van der Waals surface area (Å²) >= 11 is 3.14. The van der Waals surface area contributed by atoms with Crippen LogP contribution in [0.2, 0.25) is 0 Å². The highest BCUT2D eigenvalue weighted by molar-refractivity contribution is 9.10. The Kier molecular flexibility index (Phi) is 6.33. The SMILES string of the molecule is CC(C)N(C)CCNS(=O)(=O)c1cc(C(=O)O)ccc1Br. The highest BCUT2D eigenvalue weighted by Gasteiger charge is 2.19. The molecule has 0 saturated heterocycles. The van der Waals surface area contributed by atoms with Gasteiger partial charge in [-0.15, -0.1) is 0 Å². The maximum atomic E-state index is 12.2. The lowest BCUT2D eigenvalue weighted by atomic mass is 10.2. The van der Waals surface area contributed by atoms with Crippen LogP contribution in [-0.2, 0) is 10.0 Å². The topological polar surface area (TPSA) is 86.7 Å². The lowest BCUT2D eigenvalue weighted by Crippen LogP contribution is -2.36. The first kappa shape index (κ1) is 18.1. The van der Waals surface area contributed by atoms with Crippen molar-refractivity contribution in [2.45, 2.75) is 24.8 Å². The van der Waals surface area contributed by atoms with Gasteiger partial charge in [-0.2, -0.15) is 0 Å². The fourth-order valence-electron chi connectivity index (χ4n) is 1.53. The van der Waals surface area contributed by atoms with Crippen LogP contribution in [0.3, 0.4) is 0 Å². The molecule has 0 unspecified atom stereocenters. The minimum atomic E-state index is -3.76. The van der Waals surface area contributed by atoms with Crippen LogP contribution in [0.5, 0.6) is 0 Å². The number of carboxylic acids is 1. The zero-order valence-corrected chi connectivity index (χ0v) is 14.5. The van der Waals surface area contributed by atoms with Crippen molar-refractivity contribution in [2.75, 3.05) is 20.1 Å². The van der Waals surface area contributed by atoms with E-state index in [4.69, 9.17) is 5.11 Å². The molecule has 0 aliphatic heterocycles. The number of carbonyl (C=O) groups is 1. The molecule has 0 atom stereocenters. The second kappa shape index (κ2) is 7.35. The van der Waals surface area contributed by atoms with Gasteiger partial charge >= 0.3 is 5.97 Å². The second-order valence-electron chi connectivity index (χ2n) is 4.92. The van der Waals surface area contributed by atoms with Gasteiger partial charge in [0.2, 0.25) is 10.0 Å². The standard InChI is InChI=1S/C13H19BrN2O4S/c1-9(2)16(3)7-6-15-21(19,20)12-8-10(13(17)18)4-5-11(12)14/h4-5,8-9,15H,6-7H2,1-3H3,(H,17,18). The molecular weight excluding hydrogens is 360 g/mol. The van der Waals surface area contributed by atoms with Gasteiger partial charge in [-0.1, -0.05) is 0 Å². The summed E-state index contributed by atoms with van der Waals surface area (Å²) in [4.78, 5) is 12.9. The van der Waals surface area contributed by atoms with Gasteiger partial charge in [-0.3, -0.25) is 0 Å². The van der Waals surface area contributed by atoms with Crippen LogP contribution < -0.4 is 4.72 Å². The fourth-order valence-corrected chi connectivity index (χ4v) is 3.54. The van der Waals surface area contributed by atoms with Crippen molar-refractivity contribution in [3.63, 3.8) is 0 Å². The van der Waals surface area contributed by atoms with Crippen LogP contribution >= 0.6 is 15.9 Å². The maximum Gasteiger partial charge on any atom is 0.335 e. The Labute approximate surface area is 133 Å². The number of carboxylic acid groups (broad SMARTS) is 1. The monoisotopic (exact) mass is 378 g/mol. The van der Waals surface area contributed by atoms with Gasteiger partial charge in [0.15, 0.2) is 0 Å². The van der Waals surface area contributed by atoms with E-state index in [-0.39, 0.29) is 17.0 Å². The van der Waals surface area contributed by atoms with Crippen molar-refractivity contribution >= 4 is 31.9 Å². The van der Waals surface area contributed by atoms with E-state index in [1.54, 1.807) is 0 Å². The highest BCUT2D eigenvalue weighted by atomic mass is 79.9. The highest BCUT2D eigenvalue weighted by Crippen LogP contribution is 2.23. The second-order valence-corrected chi connectivity index (χ2v) is 7.51. The lowest BCUT2D eigenvalue weighted by Gasteiger charge is -2.21. The molecule has 0 bridgehead atoms. The first-order chi connectivity index (χ1) is 9.65. The van der Waals surface area contributed by atoms with Gasteiger partial charge in [0.25, 0.3) is 0 Å². The molecule has 2 N–H and O–H groups in total. The summed E-state index contributed by atoms with van der Waals surface area (Å²) < 4.78 is 27.3. The third-order valence-corrected chi connectivity index (χ3v) is 5.56. The fraction of sp³-hybridized carbons (Fsp3) is 0.462. The Balaban J connectivity index is 2.88. The molecule has 0 saturated carbocycles. The molecule has 1 rings (SSSR count). The maximum absolute atomic E-state index is 12.2. The summed E-state index contributed by atoms with van der Waals surface area (Å²) in [5.74, 6) is -1.17. The number of hydrogen-bond acceptors (Lipinski definition) is 4. The van der Waals surface area contributed by atoms with E-state index in [9.17, 15) is 13.2 Å². The first-order valence-corrected chi connectivity index (χ1v) is 8.65. The molecule has 0 amide bonds. The Morgan fingerprint density at radius 2 is 2.05 bits per heavy atom. The van der Waals surface area contributed by atoms with Gasteiger partial charge in [-0.25, -0.2) is 17.9 Å². The molecule has 118 valence electrons. The molecule has 0 radical (unpaired) electrons. The van der Waals surface area contributed by atoms with Crippen LogP contribution in [0.4, 0.5) is 0 Å². The van der Waals surface area contributed by atoms with Gasteiger partial charge < -0.3 is 10.0 Å². The molecule has 1 aromatic rings. The smallest absolute Gasteiger partial charge is 0.335 e. The van der Waals surface area contributed by atoms with E-state index < -0.39 is 16.0 Å².